The van der Waals surface area contributed by atoms with E-state index < -0.39 is 0 Å². The number of fused-ring (bicyclic) bond motifs is 1. The number of nitrogens with zero attached hydrogens (tertiary/aromatic N) is 1. The first-order valence-corrected chi connectivity index (χ1v) is 5.57. The quantitative estimate of drug-likeness (QED) is 0.762. The molecule has 2 heteroatoms. The Kier molecular flexibility index (Phi) is 2.82. The van der Waals surface area contributed by atoms with E-state index in [-0.39, 0.29) is 0 Å². The minimum atomic E-state index is 0.546. The van der Waals surface area contributed by atoms with Gasteiger partial charge in [-0.15, -0.1) is 0 Å². The van der Waals surface area contributed by atoms with Crippen molar-refractivity contribution in [1.82, 2.24) is 4.98 Å². The molecule has 0 fully saturated rings. The number of methoxy groups -OCH3 is 1. The van der Waals surface area contributed by atoms with Gasteiger partial charge in [0.05, 0.1) is 12.6 Å². The molecule has 1 aromatic carbocycles. The third-order valence-corrected chi connectivity index (χ3v) is 2.86. The number of hydrogen-bond donors (Lipinski definition) is 0. The van der Waals surface area contributed by atoms with Crippen LogP contribution in [-0.2, 0) is 0 Å². The number of rotatable bonds is 2. The van der Waals surface area contributed by atoms with Crippen LogP contribution in [0.1, 0.15) is 30.9 Å². The Morgan fingerprint density at radius 3 is 2.56 bits per heavy atom. The maximum atomic E-state index is 5.14. The summed E-state index contributed by atoms with van der Waals surface area (Å²) in [7, 11) is 1.64. The lowest BCUT2D eigenvalue weighted by atomic mass is 9.98. The Labute approximate surface area is 96.3 Å². The third kappa shape index (κ3) is 1.87. The van der Waals surface area contributed by atoms with E-state index in [1.807, 2.05) is 6.07 Å². The molecule has 0 aliphatic carbocycles. The molecule has 0 radical (unpaired) electrons. The Hall–Kier alpha value is -1.57. The normalized spacial score (nSPS) is 11.1. The Bertz CT molecular complexity index is 517. The second-order valence-electron chi connectivity index (χ2n) is 4.42. The van der Waals surface area contributed by atoms with Crippen molar-refractivity contribution in [2.24, 2.45) is 0 Å². The Morgan fingerprint density at radius 2 is 1.94 bits per heavy atom. The lowest BCUT2D eigenvalue weighted by molar-refractivity contribution is 0.399. The number of benzene rings is 1. The number of pyridine rings is 1. The van der Waals surface area contributed by atoms with Crippen molar-refractivity contribution in [3.8, 4) is 5.88 Å². The second-order valence-corrected chi connectivity index (χ2v) is 4.42. The predicted octanol–water partition coefficient (Wildman–Crippen LogP) is 3.68. The number of aromatic nitrogens is 1. The highest BCUT2D eigenvalue weighted by Crippen LogP contribution is 2.25. The van der Waals surface area contributed by atoms with Gasteiger partial charge in [-0.2, -0.15) is 0 Å². The molecular weight excluding hydrogens is 198 g/mol. The molecule has 0 atom stereocenters. The van der Waals surface area contributed by atoms with Crippen molar-refractivity contribution >= 4 is 10.9 Å². The molecule has 0 unspecified atom stereocenters. The summed E-state index contributed by atoms with van der Waals surface area (Å²) in [6, 6.07) is 8.39. The second kappa shape index (κ2) is 4.12. The molecule has 0 saturated heterocycles. The predicted molar refractivity (Wildman–Crippen MR) is 67.1 cm³/mol. The summed E-state index contributed by atoms with van der Waals surface area (Å²) in [4.78, 5) is 4.47. The summed E-state index contributed by atoms with van der Waals surface area (Å²) in [6.45, 7) is 6.51. The van der Waals surface area contributed by atoms with Crippen LogP contribution in [0.5, 0.6) is 5.88 Å². The van der Waals surface area contributed by atoms with Crippen molar-refractivity contribution in [2.75, 3.05) is 7.11 Å². The van der Waals surface area contributed by atoms with Crippen molar-refractivity contribution in [3.63, 3.8) is 0 Å². The van der Waals surface area contributed by atoms with E-state index in [0.717, 1.165) is 5.52 Å². The fourth-order valence-corrected chi connectivity index (χ4v) is 1.87. The van der Waals surface area contributed by atoms with Crippen molar-refractivity contribution in [1.29, 1.82) is 0 Å². The van der Waals surface area contributed by atoms with Gasteiger partial charge in [0.25, 0.3) is 0 Å². The van der Waals surface area contributed by atoms with E-state index in [1.54, 1.807) is 7.11 Å². The molecule has 0 spiro atoms. The number of hydrogen-bond acceptors (Lipinski definition) is 2. The zero-order chi connectivity index (χ0) is 11.7. The Balaban J connectivity index is 2.66. The minimum Gasteiger partial charge on any atom is -0.481 e. The van der Waals surface area contributed by atoms with E-state index in [4.69, 9.17) is 4.74 Å². The molecule has 0 bridgehead atoms. The van der Waals surface area contributed by atoms with Crippen LogP contribution in [0.2, 0.25) is 0 Å². The van der Waals surface area contributed by atoms with Crippen molar-refractivity contribution < 1.29 is 4.74 Å². The number of aryl methyl sites for hydroxylation is 1. The lowest BCUT2D eigenvalue weighted by Crippen LogP contribution is -1.93. The van der Waals surface area contributed by atoms with Crippen LogP contribution in [0.4, 0.5) is 0 Å². The van der Waals surface area contributed by atoms with Crippen LogP contribution in [0, 0.1) is 6.92 Å². The highest BCUT2D eigenvalue weighted by molar-refractivity contribution is 5.83. The zero-order valence-electron chi connectivity index (χ0n) is 10.2. The highest BCUT2D eigenvalue weighted by Gasteiger charge is 2.06. The molecule has 1 aromatic heterocycles. The molecule has 0 N–H and O–H groups in total. The SMILES string of the molecule is COc1ccc2cc(C(C)C)cc(C)c2n1. The smallest absolute Gasteiger partial charge is 0.213 e. The van der Waals surface area contributed by atoms with E-state index in [9.17, 15) is 0 Å². The van der Waals surface area contributed by atoms with Gasteiger partial charge in [0.2, 0.25) is 5.88 Å². The maximum absolute atomic E-state index is 5.14. The Morgan fingerprint density at radius 1 is 1.19 bits per heavy atom. The summed E-state index contributed by atoms with van der Waals surface area (Å²) < 4.78 is 5.14. The molecule has 0 aliphatic heterocycles. The van der Waals surface area contributed by atoms with Gasteiger partial charge in [-0.05, 0) is 36.1 Å². The highest BCUT2D eigenvalue weighted by atomic mass is 16.5. The molecule has 84 valence electrons. The van der Waals surface area contributed by atoms with Crippen LogP contribution in [0.15, 0.2) is 24.3 Å². The van der Waals surface area contributed by atoms with Gasteiger partial charge in [-0.25, -0.2) is 4.98 Å². The average molecular weight is 215 g/mol. The molecule has 16 heavy (non-hydrogen) atoms. The zero-order valence-corrected chi connectivity index (χ0v) is 10.2. The summed E-state index contributed by atoms with van der Waals surface area (Å²) >= 11 is 0. The largest absolute Gasteiger partial charge is 0.481 e. The van der Waals surface area contributed by atoms with Crippen molar-refractivity contribution in [2.45, 2.75) is 26.7 Å². The lowest BCUT2D eigenvalue weighted by Gasteiger charge is -2.10. The van der Waals surface area contributed by atoms with Gasteiger partial charge < -0.3 is 4.74 Å². The van der Waals surface area contributed by atoms with Gasteiger partial charge in [0.15, 0.2) is 0 Å². The summed E-state index contributed by atoms with van der Waals surface area (Å²) in [5.41, 5.74) is 3.60. The average Bonchev–Trinajstić information content (AvgIpc) is 2.28. The molecule has 0 saturated carbocycles. The molecule has 2 aromatic rings. The minimum absolute atomic E-state index is 0.546. The molecule has 2 nitrogen and oxygen atoms in total. The third-order valence-electron chi connectivity index (χ3n) is 2.86. The molecule has 1 heterocycles. The van der Waals surface area contributed by atoms with E-state index >= 15 is 0 Å². The monoisotopic (exact) mass is 215 g/mol. The summed E-state index contributed by atoms with van der Waals surface area (Å²) in [6.07, 6.45) is 0. The van der Waals surface area contributed by atoms with Crippen LogP contribution in [-0.4, -0.2) is 12.1 Å². The van der Waals surface area contributed by atoms with E-state index in [0.29, 0.717) is 11.8 Å². The first-order chi connectivity index (χ1) is 7.61. The van der Waals surface area contributed by atoms with Crippen LogP contribution in [0.25, 0.3) is 10.9 Å². The van der Waals surface area contributed by atoms with Crippen LogP contribution in [0.3, 0.4) is 0 Å². The topological polar surface area (TPSA) is 22.1 Å². The van der Waals surface area contributed by atoms with Gasteiger partial charge in [-0.3, -0.25) is 0 Å². The molecular formula is C14H17NO. The fourth-order valence-electron chi connectivity index (χ4n) is 1.87. The molecule has 0 amide bonds. The summed E-state index contributed by atoms with van der Waals surface area (Å²) in [5.74, 6) is 1.22. The maximum Gasteiger partial charge on any atom is 0.213 e. The fraction of sp³-hybridized carbons (Fsp3) is 0.357. The molecule has 2 rings (SSSR count). The van der Waals surface area contributed by atoms with Crippen molar-refractivity contribution in [3.05, 3.63) is 35.4 Å². The van der Waals surface area contributed by atoms with E-state index in [1.165, 1.54) is 16.5 Å². The van der Waals surface area contributed by atoms with Crippen LogP contribution < -0.4 is 4.74 Å². The van der Waals surface area contributed by atoms with Gasteiger partial charge in [0.1, 0.15) is 0 Å². The first kappa shape index (κ1) is 10.9. The van der Waals surface area contributed by atoms with Crippen LogP contribution >= 0.6 is 0 Å². The van der Waals surface area contributed by atoms with Gasteiger partial charge in [-0.1, -0.05) is 19.9 Å². The number of ether oxygens (including phenoxy) is 1. The molecule has 0 aliphatic rings. The van der Waals surface area contributed by atoms with E-state index in [2.05, 4.69) is 44.0 Å². The first-order valence-electron chi connectivity index (χ1n) is 5.57. The van der Waals surface area contributed by atoms with Gasteiger partial charge >= 0.3 is 0 Å². The standard InChI is InChI=1S/C14H17NO/c1-9(2)12-7-10(3)14-11(8-12)5-6-13(15-14)16-4/h5-9H,1-4H3. The summed E-state index contributed by atoms with van der Waals surface area (Å²) in [5, 5.41) is 1.18. The van der Waals surface area contributed by atoms with Gasteiger partial charge in [0, 0.05) is 11.5 Å².